The van der Waals surface area contributed by atoms with Crippen LogP contribution in [0.25, 0.3) is 0 Å². The van der Waals surface area contributed by atoms with Crippen molar-refractivity contribution in [3.05, 3.63) is 18.2 Å². The Hall–Kier alpha value is -0.0743. The predicted molar refractivity (Wildman–Crippen MR) is 37.9 cm³/mol. The summed E-state index contributed by atoms with van der Waals surface area (Å²) in [6, 6.07) is -0.851. The minimum atomic E-state index is -1.00. The number of nitrogens with two attached hydrogens (primary N) is 1. The van der Waals surface area contributed by atoms with Gasteiger partial charge in [-0.2, -0.15) is 0 Å². The van der Waals surface area contributed by atoms with E-state index in [0.29, 0.717) is 0 Å². The zero-order chi connectivity index (χ0) is 8.27. The van der Waals surface area contributed by atoms with Crippen molar-refractivity contribution in [3.8, 4) is 0 Å². The topological polar surface area (TPSA) is 92.0 Å². The van der Waals surface area contributed by atoms with Crippen LogP contribution in [0.1, 0.15) is 5.69 Å². The number of aliphatic carboxylic acids is 1. The zero-order valence-corrected chi connectivity index (χ0v) is 8.29. The van der Waals surface area contributed by atoms with Gasteiger partial charge in [-0.3, -0.25) is 4.79 Å². The molecule has 0 aliphatic heterocycles. The van der Waals surface area contributed by atoms with Crippen molar-refractivity contribution in [1.29, 1.82) is 0 Å². The molecule has 1 aromatic heterocycles. The fourth-order valence-corrected chi connectivity index (χ4v) is 0.721. The number of carbonyl (C=O) groups is 1. The molecule has 0 bridgehead atoms. The Balaban J connectivity index is 0.00000121. The summed E-state index contributed by atoms with van der Waals surface area (Å²) in [4.78, 5) is 16.8. The van der Waals surface area contributed by atoms with Crippen LogP contribution < -0.4 is 5.73 Å². The largest absolute Gasteiger partial charge is 0.480 e. The zero-order valence-electron chi connectivity index (χ0n) is 6.15. The number of nitrogens with one attached hydrogen (secondary N) is 1. The van der Waals surface area contributed by atoms with Gasteiger partial charge in [-0.25, -0.2) is 4.98 Å². The first-order chi connectivity index (χ1) is 5.20. The number of imidazole rings is 1. The van der Waals surface area contributed by atoms with Crippen molar-refractivity contribution < 1.29 is 48.5 Å². The fourth-order valence-electron chi connectivity index (χ4n) is 0.721. The van der Waals surface area contributed by atoms with Crippen molar-refractivity contribution >= 4 is 5.97 Å². The smallest absolute Gasteiger partial charge is 0.320 e. The maximum absolute atomic E-state index is 10.3. The first-order valence-corrected chi connectivity index (χ1v) is 3.16. The third-order valence-corrected chi connectivity index (χ3v) is 1.31. The molecule has 6 heteroatoms. The molecule has 1 rings (SSSR count). The van der Waals surface area contributed by atoms with Gasteiger partial charge >= 0.3 is 5.97 Å². The van der Waals surface area contributed by atoms with E-state index in [9.17, 15) is 4.79 Å². The molecule has 12 heavy (non-hydrogen) atoms. The number of carboxylic acids is 1. The van der Waals surface area contributed by atoms with Gasteiger partial charge in [-0.15, -0.1) is 0 Å². The van der Waals surface area contributed by atoms with Crippen molar-refractivity contribution in [1.82, 2.24) is 9.97 Å². The first-order valence-electron chi connectivity index (χ1n) is 3.16. The number of hydrogen-bond donors (Lipinski definition) is 3. The monoisotopic (exact) mass is 314 g/mol. The van der Waals surface area contributed by atoms with E-state index >= 15 is 0 Å². The van der Waals surface area contributed by atoms with Gasteiger partial charge in [0.2, 0.25) is 0 Å². The third-order valence-electron chi connectivity index (χ3n) is 1.31. The van der Waals surface area contributed by atoms with Gasteiger partial charge < -0.3 is 15.8 Å². The Labute approximate surface area is 100 Å². The molecule has 0 spiro atoms. The second-order valence-corrected chi connectivity index (χ2v) is 2.23. The van der Waals surface area contributed by atoms with E-state index in [1.54, 1.807) is 6.20 Å². The maximum Gasteiger partial charge on any atom is 0.320 e. The summed E-state index contributed by atoms with van der Waals surface area (Å²) in [6.07, 6.45) is 3.34. The number of rotatable bonds is 3. The molecule has 5 nitrogen and oxygen atoms in total. The number of hydrogen-bond acceptors (Lipinski definition) is 3. The van der Waals surface area contributed by atoms with Gasteiger partial charge in [0.15, 0.2) is 0 Å². The molecule has 0 saturated carbocycles. The van der Waals surface area contributed by atoms with Crippen LogP contribution in [0.2, 0.25) is 0 Å². The standard InChI is InChI=1S/C6H9N3O2.Tb/c7-5(6(10)11)1-4-2-8-3-9-4;/h2-3,5H,1,7H2,(H,8,9)(H,10,11);. The molecule has 0 aliphatic carbocycles. The predicted octanol–water partition coefficient (Wildman–Crippen LogP) is -0.636. The number of aromatic nitrogens is 2. The van der Waals surface area contributed by atoms with Crippen LogP contribution in [0, 0.1) is 38.6 Å². The summed E-state index contributed by atoms with van der Waals surface area (Å²) in [7, 11) is 0. The van der Waals surface area contributed by atoms with Crippen LogP contribution in [-0.4, -0.2) is 27.1 Å². The summed E-state index contributed by atoms with van der Waals surface area (Å²) in [5.41, 5.74) is 6.00. The summed E-state index contributed by atoms with van der Waals surface area (Å²) in [5, 5.41) is 8.42. The molecule has 0 aliphatic rings. The second-order valence-electron chi connectivity index (χ2n) is 2.23. The summed E-state index contributed by atoms with van der Waals surface area (Å²) < 4.78 is 0. The quantitative estimate of drug-likeness (QED) is 0.692. The van der Waals surface area contributed by atoms with Crippen molar-refractivity contribution in [2.75, 3.05) is 0 Å². The molecule has 0 fully saturated rings. The Bertz CT molecular complexity index is 237. The fraction of sp³-hybridized carbons (Fsp3) is 0.333. The molecule has 4 N–H and O–H groups in total. The number of nitrogens with zero attached hydrogens (tertiary/aromatic N) is 1. The van der Waals surface area contributed by atoms with Crippen LogP contribution in [0.15, 0.2) is 12.5 Å². The van der Waals surface area contributed by atoms with Crippen LogP contribution in [-0.2, 0) is 11.2 Å². The summed E-state index contributed by atoms with van der Waals surface area (Å²) in [6.45, 7) is 0. The molecule has 1 heterocycles. The van der Waals surface area contributed by atoms with Crippen LogP contribution in [0.4, 0.5) is 0 Å². The molecule has 0 amide bonds. The molecule has 0 aromatic carbocycles. The molecule has 0 saturated heterocycles. The van der Waals surface area contributed by atoms with Gasteiger partial charge in [0.25, 0.3) is 0 Å². The number of aromatic amines is 1. The van der Waals surface area contributed by atoms with Gasteiger partial charge in [-0.1, -0.05) is 0 Å². The van der Waals surface area contributed by atoms with Gasteiger partial charge in [0.1, 0.15) is 6.04 Å². The average molecular weight is 314 g/mol. The molecule has 1 radical (unpaired) electrons. The molecule has 1 unspecified atom stereocenters. The molecule has 1 atom stereocenters. The van der Waals surface area contributed by atoms with E-state index in [-0.39, 0.29) is 45.0 Å². The minimum Gasteiger partial charge on any atom is -0.480 e. The Morgan fingerprint density at radius 2 is 2.50 bits per heavy atom. The maximum atomic E-state index is 10.3. The van der Waals surface area contributed by atoms with E-state index in [4.69, 9.17) is 10.8 Å². The van der Waals surface area contributed by atoms with Gasteiger partial charge in [-0.05, 0) is 0 Å². The average Bonchev–Trinajstić information content (AvgIpc) is 2.39. The minimum absolute atomic E-state index is 0. The first kappa shape index (κ1) is 11.9. The van der Waals surface area contributed by atoms with Crippen LogP contribution in [0.5, 0.6) is 0 Å². The third kappa shape index (κ3) is 3.55. The van der Waals surface area contributed by atoms with Crippen molar-refractivity contribution in [2.45, 2.75) is 12.5 Å². The molecular weight excluding hydrogens is 305 g/mol. The molecule has 1 aromatic rings. The normalized spacial score (nSPS) is 11.8. The molecular formula is C6H9N3O2Tb. The van der Waals surface area contributed by atoms with Gasteiger partial charge in [0.05, 0.1) is 6.33 Å². The van der Waals surface area contributed by atoms with Gasteiger partial charge in [0, 0.05) is 56.9 Å². The SMILES string of the molecule is NC(Cc1cnc[nH]1)C(=O)O.[Tb]. The summed E-state index contributed by atoms with van der Waals surface area (Å²) >= 11 is 0. The van der Waals surface area contributed by atoms with E-state index in [1.165, 1.54) is 6.33 Å². The number of H-pyrrole nitrogens is 1. The Morgan fingerprint density at radius 1 is 1.83 bits per heavy atom. The Kier molecular flexibility index (Phi) is 5.52. The molecule has 69 valence electrons. The van der Waals surface area contributed by atoms with Crippen molar-refractivity contribution in [3.63, 3.8) is 0 Å². The van der Waals surface area contributed by atoms with E-state index in [2.05, 4.69) is 9.97 Å². The van der Waals surface area contributed by atoms with E-state index in [1.807, 2.05) is 0 Å². The summed E-state index contributed by atoms with van der Waals surface area (Å²) in [5.74, 6) is -1.00. The van der Waals surface area contributed by atoms with Crippen LogP contribution >= 0.6 is 0 Å². The second kappa shape index (κ2) is 5.55. The number of carboxylic acid groups (broad SMARTS) is 1. The van der Waals surface area contributed by atoms with E-state index in [0.717, 1.165) is 5.69 Å². The van der Waals surface area contributed by atoms with Crippen LogP contribution in [0.3, 0.4) is 0 Å². The Morgan fingerprint density at radius 3 is 2.92 bits per heavy atom. The van der Waals surface area contributed by atoms with Crippen molar-refractivity contribution in [2.24, 2.45) is 5.73 Å². The van der Waals surface area contributed by atoms with E-state index < -0.39 is 12.0 Å².